The molecular weight excluding hydrogens is 328 g/mol. The highest BCUT2D eigenvalue weighted by Gasteiger charge is 2.44. The summed E-state index contributed by atoms with van der Waals surface area (Å²) in [5.41, 5.74) is -1.19. The van der Waals surface area contributed by atoms with E-state index in [0.29, 0.717) is 30.9 Å². The Balaban J connectivity index is 0.00000312. The minimum atomic E-state index is -3.55. The van der Waals surface area contributed by atoms with Gasteiger partial charge in [0.05, 0.1) is 5.92 Å². The molecule has 1 aromatic carbocycles. The molecule has 1 aliphatic rings. The zero-order chi connectivity index (χ0) is 17.9. The van der Waals surface area contributed by atoms with Gasteiger partial charge in [-0.05, 0) is 31.6 Å². The van der Waals surface area contributed by atoms with E-state index in [2.05, 4.69) is 4.74 Å². The molecule has 1 N–H and O–H groups in total. The highest BCUT2D eigenvalue weighted by molar-refractivity contribution is 5.88. The molecule has 0 aliphatic heterocycles. The lowest BCUT2D eigenvalue weighted by atomic mass is 9.79. The Morgan fingerprint density at radius 2 is 1.79 bits per heavy atom. The number of hydrogen-bond donors (Lipinski definition) is 1. The summed E-state index contributed by atoms with van der Waals surface area (Å²) < 4.78 is 60.2. The maximum atomic E-state index is 14.2. The van der Waals surface area contributed by atoms with Crippen LogP contribution in [0.25, 0.3) is 0 Å². The Hall–Kier alpha value is -1.79. The van der Waals surface area contributed by atoms with Gasteiger partial charge in [-0.1, -0.05) is 19.8 Å². The standard InChI is InChI=1S/C17H20F4O3.H2/c1-2-3-10-4-6-11(7-5-10)17(20,21)24-12-8-13(18)15(16(22)23)14(19)9-12;/h8-11H,2-7H2,1H3,(H,22,23);1H. The highest BCUT2D eigenvalue weighted by atomic mass is 19.3. The van der Waals surface area contributed by atoms with E-state index in [1.165, 1.54) is 0 Å². The summed E-state index contributed by atoms with van der Waals surface area (Å²) in [5, 5.41) is 8.67. The van der Waals surface area contributed by atoms with Crippen LogP contribution in [0.5, 0.6) is 5.75 Å². The van der Waals surface area contributed by atoms with Crippen molar-refractivity contribution in [3.05, 3.63) is 29.3 Å². The van der Waals surface area contributed by atoms with E-state index in [1.807, 2.05) is 6.92 Å². The quantitative estimate of drug-likeness (QED) is 0.690. The van der Waals surface area contributed by atoms with Gasteiger partial charge in [0.2, 0.25) is 0 Å². The molecule has 0 aromatic heterocycles. The van der Waals surface area contributed by atoms with E-state index < -0.39 is 40.9 Å². The topological polar surface area (TPSA) is 46.5 Å². The van der Waals surface area contributed by atoms with Crippen molar-refractivity contribution in [1.29, 1.82) is 0 Å². The second-order valence-electron chi connectivity index (χ2n) is 6.24. The van der Waals surface area contributed by atoms with Crippen LogP contribution < -0.4 is 4.74 Å². The fourth-order valence-electron chi connectivity index (χ4n) is 3.25. The molecule has 0 unspecified atom stereocenters. The van der Waals surface area contributed by atoms with Crippen LogP contribution in [0.3, 0.4) is 0 Å². The molecular formula is C17H22F4O3. The smallest absolute Gasteiger partial charge is 0.400 e. The second-order valence-corrected chi connectivity index (χ2v) is 6.24. The van der Waals surface area contributed by atoms with Crippen molar-refractivity contribution in [2.75, 3.05) is 0 Å². The van der Waals surface area contributed by atoms with Gasteiger partial charge < -0.3 is 9.84 Å². The molecule has 1 aliphatic carbocycles. The van der Waals surface area contributed by atoms with Crippen molar-refractivity contribution >= 4 is 5.97 Å². The van der Waals surface area contributed by atoms with E-state index in [9.17, 15) is 22.4 Å². The van der Waals surface area contributed by atoms with E-state index in [0.717, 1.165) is 12.8 Å². The van der Waals surface area contributed by atoms with Crippen LogP contribution in [-0.4, -0.2) is 17.2 Å². The number of aromatic carboxylic acids is 1. The van der Waals surface area contributed by atoms with Crippen molar-refractivity contribution in [2.24, 2.45) is 11.8 Å². The Labute approximate surface area is 139 Å². The van der Waals surface area contributed by atoms with Gasteiger partial charge in [0, 0.05) is 13.6 Å². The number of rotatable bonds is 6. The summed E-state index contributed by atoms with van der Waals surface area (Å²) in [6.07, 6.45) is 0.395. The van der Waals surface area contributed by atoms with Crippen LogP contribution in [0, 0.1) is 23.5 Å². The number of carboxylic acid groups (broad SMARTS) is 1. The number of alkyl halides is 2. The molecule has 3 nitrogen and oxygen atoms in total. The van der Waals surface area contributed by atoms with Gasteiger partial charge in [0.1, 0.15) is 22.9 Å². The fraction of sp³-hybridized carbons (Fsp3) is 0.588. The normalized spacial score (nSPS) is 21.5. The van der Waals surface area contributed by atoms with Crippen LogP contribution in [0.2, 0.25) is 0 Å². The molecule has 136 valence electrons. The predicted molar refractivity (Wildman–Crippen MR) is 81.4 cm³/mol. The Morgan fingerprint density at radius 1 is 1.25 bits per heavy atom. The van der Waals surface area contributed by atoms with Gasteiger partial charge in [-0.2, -0.15) is 8.78 Å². The first kappa shape index (κ1) is 18.5. The third-order valence-electron chi connectivity index (χ3n) is 4.50. The first-order valence-electron chi connectivity index (χ1n) is 8.03. The molecule has 0 atom stereocenters. The number of benzene rings is 1. The first-order valence-corrected chi connectivity index (χ1v) is 8.03. The van der Waals surface area contributed by atoms with Gasteiger partial charge in [-0.25, -0.2) is 13.6 Å². The van der Waals surface area contributed by atoms with Crippen LogP contribution in [0.1, 0.15) is 57.2 Å². The molecule has 1 saturated carbocycles. The summed E-state index contributed by atoms with van der Waals surface area (Å²) in [6.45, 7) is 2.05. The molecule has 0 radical (unpaired) electrons. The predicted octanol–water partition coefficient (Wildman–Crippen LogP) is 5.49. The van der Waals surface area contributed by atoms with Gasteiger partial charge in [-0.15, -0.1) is 0 Å². The summed E-state index contributed by atoms with van der Waals surface area (Å²) in [5.74, 6) is -5.99. The SMILES string of the molecule is CCCC1CCC(C(F)(F)Oc2cc(F)c(C(=O)O)c(F)c2)CC1.[HH]. The van der Waals surface area contributed by atoms with Crippen LogP contribution in [-0.2, 0) is 0 Å². The molecule has 1 fully saturated rings. The third-order valence-corrected chi connectivity index (χ3v) is 4.50. The van der Waals surface area contributed by atoms with Gasteiger partial charge in [-0.3, -0.25) is 0 Å². The molecule has 0 bridgehead atoms. The monoisotopic (exact) mass is 350 g/mol. The number of halogens is 4. The number of ether oxygens (including phenoxy) is 1. The average molecular weight is 350 g/mol. The zero-order valence-electron chi connectivity index (χ0n) is 13.3. The minimum Gasteiger partial charge on any atom is -0.477 e. The summed E-state index contributed by atoms with van der Waals surface area (Å²) in [6, 6.07) is 0.951. The van der Waals surface area contributed by atoms with Crippen molar-refractivity contribution in [2.45, 2.75) is 51.6 Å². The number of carboxylic acids is 1. The van der Waals surface area contributed by atoms with Gasteiger partial charge >= 0.3 is 12.1 Å². The minimum absolute atomic E-state index is 0. The molecule has 0 amide bonds. The third kappa shape index (κ3) is 4.19. The summed E-state index contributed by atoms with van der Waals surface area (Å²) in [4.78, 5) is 10.7. The molecule has 0 heterocycles. The average Bonchev–Trinajstić information content (AvgIpc) is 2.46. The lowest BCUT2D eigenvalue weighted by Gasteiger charge is -2.33. The van der Waals surface area contributed by atoms with E-state index >= 15 is 0 Å². The number of carbonyl (C=O) groups is 1. The molecule has 1 aromatic rings. The Bertz CT molecular complexity index is 579. The van der Waals surface area contributed by atoms with Crippen molar-refractivity contribution in [3.8, 4) is 5.75 Å². The van der Waals surface area contributed by atoms with Gasteiger partial charge in [0.25, 0.3) is 0 Å². The van der Waals surface area contributed by atoms with Gasteiger partial charge in [0.15, 0.2) is 0 Å². The zero-order valence-corrected chi connectivity index (χ0v) is 13.3. The van der Waals surface area contributed by atoms with Crippen LogP contribution >= 0.6 is 0 Å². The lowest BCUT2D eigenvalue weighted by Crippen LogP contribution is -2.37. The van der Waals surface area contributed by atoms with E-state index in [4.69, 9.17) is 5.11 Å². The van der Waals surface area contributed by atoms with Crippen LogP contribution in [0.4, 0.5) is 17.6 Å². The summed E-state index contributed by atoms with van der Waals surface area (Å²) >= 11 is 0. The Morgan fingerprint density at radius 3 is 2.25 bits per heavy atom. The Kier molecular flexibility index (Phi) is 5.72. The molecule has 0 saturated heterocycles. The molecule has 7 heteroatoms. The maximum Gasteiger partial charge on any atom is 0.400 e. The van der Waals surface area contributed by atoms with Crippen molar-refractivity contribution in [3.63, 3.8) is 0 Å². The van der Waals surface area contributed by atoms with Crippen LogP contribution in [0.15, 0.2) is 12.1 Å². The summed E-state index contributed by atoms with van der Waals surface area (Å²) in [7, 11) is 0. The van der Waals surface area contributed by atoms with Crippen molar-refractivity contribution in [1.82, 2.24) is 0 Å². The fourth-order valence-corrected chi connectivity index (χ4v) is 3.25. The first-order chi connectivity index (χ1) is 11.2. The van der Waals surface area contributed by atoms with E-state index in [-0.39, 0.29) is 14.3 Å². The lowest BCUT2D eigenvalue weighted by molar-refractivity contribution is -0.223. The molecule has 0 spiro atoms. The van der Waals surface area contributed by atoms with Crippen molar-refractivity contribution < 1.29 is 33.6 Å². The largest absolute Gasteiger partial charge is 0.477 e. The molecule has 2 rings (SSSR count). The molecule has 24 heavy (non-hydrogen) atoms. The second kappa shape index (κ2) is 7.40. The number of hydrogen-bond acceptors (Lipinski definition) is 2. The maximum absolute atomic E-state index is 14.2. The van der Waals surface area contributed by atoms with E-state index in [1.54, 1.807) is 0 Å². The highest BCUT2D eigenvalue weighted by Crippen LogP contribution is 2.41.